The fraction of sp³-hybridized carbons (Fsp3) is 0.258. The Morgan fingerprint density at radius 1 is 1.02 bits per heavy atom. The molecule has 0 spiro atoms. The van der Waals surface area contributed by atoms with E-state index < -0.39 is 11.8 Å². The van der Waals surface area contributed by atoms with Crippen molar-refractivity contribution in [3.05, 3.63) is 90.3 Å². The highest BCUT2D eigenvalue weighted by molar-refractivity contribution is 8.15. The number of halogens is 3. The maximum Gasteiger partial charge on any atom is 0.573 e. The molecular formula is C31H28F3N5O3S. The molecule has 1 aliphatic rings. The van der Waals surface area contributed by atoms with Gasteiger partial charge in [0.25, 0.3) is 0 Å². The van der Waals surface area contributed by atoms with Crippen LogP contribution in [0.4, 0.5) is 18.9 Å². The summed E-state index contributed by atoms with van der Waals surface area (Å²) in [6.07, 6.45) is -2.41. The fourth-order valence-electron chi connectivity index (χ4n) is 4.73. The van der Waals surface area contributed by atoms with Crippen molar-refractivity contribution < 1.29 is 27.5 Å². The Balaban J connectivity index is 1.27. The number of hydrogen-bond acceptors (Lipinski definition) is 6. The number of aliphatic imine (C=N–C) groups is 1. The van der Waals surface area contributed by atoms with Crippen LogP contribution >= 0.6 is 11.8 Å². The van der Waals surface area contributed by atoms with Crippen LogP contribution in [-0.2, 0) is 21.4 Å². The van der Waals surface area contributed by atoms with E-state index in [1.54, 1.807) is 4.90 Å². The van der Waals surface area contributed by atoms with E-state index in [1.807, 2.05) is 69.3 Å². The molecule has 0 atom stereocenters. The maximum absolute atomic E-state index is 13.1. The molecule has 0 unspecified atom stereocenters. The van der Waals surface area contributed by atoms with Crippen molar-refractivity contribution in [2.24, 2.45) is 4.99 Å². The van der Waals surface area contributed by atoms with Crippen molar-refractivity contribution in [1.82, 2.24) is 14.8 Å². The molecule has 222 valence electrons. The summed E-state index contributed by atoms with van der Waals surface area (Å²) in [5.41, 5.74) is 3.37. The lowest BCUT2D eigenvalue weighted by Crippen LogP contribution is -2.31. The minimum atomic E-state index is -4.76. The van der Waals surface area contributed by atoms with Crippen LogP contribution in [0, 0.1) is 0 Å². The van der Waals surface area contributed by atoms with Crippen LogP contribution in [0.2, 0.25) is 0 Å². The summed E-state index contributed by atoms with van der Waals surface area (Å²) < 4.78 is 42.6. The summed E-state index contributed by atoms with van der Waals surface area (Å²) in [5.74, 6) is -0.0864. The number of amides is 2. The monoisotopic (exact) mass is 607 g/mol. The number of amidine groups is 1. The Bertz CT molecular complexity index is 1670. The number of anilines is 1. The van der Waals surface area contributed by atoms with Crippen LogP contribution < -0.4 is 9.64 Å². The number of benzene rings is 3. The Morgan fingerprint density at radius 3 is 2.40 bits per heavy atom. The smallest absolute Gasteiger partial charge is 0.406 e. The van der Waals surface area contributed by atoms with Gasteiger partial charge in [-0.2, -0.15) is 4.99 Å². The van der Waals surface area contributed by atoms with E-state index in [9.17, 15) is 22.8 Å². The third-order valence-electron chi connectivity index (χ3n) is 6.94. The van der Waals surface area contributed by atoms with E-state index in [2.05, 4.69) is 19.8 Å². The molecule has 3 aromatic carbocycles. The number of aryl methyl sites for hydroxylation is 1. The molecule has 1 saturated heterocycles. The van der Waals surface area contributed by atoms with Gasteiger partial charge in [-0.25, -0.2) is 9.67 Å². The first-order valence-corrected chi connectivity index (χ1v) is 14.5. The fourth-order valence-corrected chi connectivity index (χ4v) is 5.60. The first kappa shape index (κ1) is 30.0. The molecule has 1 aromatic heterocycles. The molecule has 43 heavy (non-hydrogen) atoms. The number of carbonyl (C=O) groups is 2. The van der Waals surface area contributed by atoms with Crippen molar-refractivity contribution >= 4 is 34.4 Å². The molecule has 0 bridgehead atoms. The van der Waals surface area contributed by atoms with E-state index >= 15 is 0 Å². The lowest BCUT2D eigenvalue weighted by atomic mass is 9.81. The van der Waals surface area contributed by atoms with E-state index in [4.69, 9.17) is 0 Å². The Morgan fingerprint density at radius 2 is 1.72 bits per heavy atom. The minimum Gasteiger partial charge on any atom is -0.406 e. The van der Waals surface area contributed by atoms with Crippen molar-refractivity contribution in [3.63, 3.8) is 0 Å². The quantitative estimate of drug-likeness (QED) is 0.221. The summed E-state index contributed by atoms with van der Waals surface area (Å²) in [6, 6.07) is 20.4. The SMILES string of the molecule is CCc1ccccc1N1C(=O)CS/C1=N\C(=O)CC(C)(C)c1ccc(-c2ncn(-c3ccc(OC(F)(F)F)cc3)n2)cc1. The zero-order chi connectivity index (χ0) is 30.8. The largest absolute Gasteiger partial charge is 0.573 e. The van der Waals surface area contributed by atoms with Crippen molar-refractivity contribution in [3.8, 4) is 22.8 Å². The van der Waals surface area contributed by atoms with E-state index in [-0.39, 0.29) is 29.7 Å². The molecule has 0 aliphatic carbocycles. The van der Waals surface area contributed by atoms with E-state index in [1.165, 1.54) is 47.0 Å². The number of para-hydroxylation sites is 1. The average Bonchev–Trinajstić information content (AvgIpc) is 3.59. The Hall–Kier alpha value is -4.45. The third kappa shape index (κ3) is 6.96. The second-order valence-corrected chi connectivity index (χ2v) is 11.4. The topological polar surface area (TPSA) is 89.7 Å². The van der Waals surface area contributed by atoms with E-state index in [0.717, 1.165) is 28.8 Å². The number of carbonyl (C=O) groups excluding carboxylic acids is 2. The molecule has 1 aliphatic heterocycles. The van der Waals surface area contributed by atoms with Gasteiger partial charge in [-0.15, -0.1) is 18.3 Å². The first-order chi connectivity index (χ1) is 20.4. The summed E-state index contributed by atoms with van der Waals surface area (Å²) in [6.45, 7) is 5.93. The van der Waals surface area contributed by atoms with Crippen LogP contribution in [0.1, 0.15) is 38.3 Å². The van der Waals surface area contributed by atoms with Gasteiger partial charge in [0, 0.05) is 12.0 Å². The molecule has 0 radical (unpaired) electrons. The number of aromatic nitrogens is 3. The number of ether oxygens (including phenoxy) is 1. The van der Waals surface area contributed by atoms with Gasteiger partial charge in [0.2, 0.25) is 11.8 Å². The molecule has 0 N–H and O–H groups in total. The zero-order valence-electron chi connectivity index (χ0n) is 23.6. The zero-order valence-corrected chi connectivity index (χ0v) is 24.4. The van der Waals surface area contributed by atoms with E-state index in [0.29, 0.717) is 16.7 Å². The Kier molecular flexibility index (Phi) is 8.41. The summed E-state index contributed by atoms with van der Waals surface area (Å²) in [7, 11) is 0. The average molecular weight is 608 g/mol. The van der Waals surface area contributed by atoms with Gasteiger partial charge in [-0.1, -0.05) is 75.0 Å². The molecule has 12 heteroatoms. The van der Waals surface area contributed by atoms with Gasteiger partial charge >= 0.3 is 6.36 Å². The van der Waals surface area contributed by atoms with Gasteiger partial charge in [0.15, 0.2) is 11.0 Å². The number of alkyl halides is 3. The first-order valence-electron chi connectivity index (χ1n) is 13.5. The lowest BCUT2D eigenvalue weighted by molar-refractivity contribution is -0.274. The molecule has 5 rings (SSSR count). The second-order valence-electron chi connectivity index (χ2n) is 10.5. The predicted octanol–water partition coefficient (Wildman–Crippen LogP) is 6.73. The molecule has 4 aromatic rings. The van der Waals surface area contributed by atoms with Gasteiger partial charge in [0.1, 0.15) is 12.1 Å². The third-order valence-corrected chi connectivity index (χ3v) is 7.87. The van der Waals surface area contributed by atoms with Crippen LogP contribution in [0.25, 0.3) is 17.1 Å². The highest BCUT2D eigenvalue weighted by atomic mass is 32.2. The van der Waals surface area contributed by atoms with Crippen molar-refractivity contribution in [2.45, 2.75) is 45.4 Å². The van der Waals surface area contributed by atoms with Crippen LogP contribution in [0.3, 0.4) is 0 Å². The second kappa shape index (κ2) is 12.0. The van der Waals surface area contributed by atoms with Gasteiger partial charge in [0.05, 0.1) is 17.1 Å². The molecule has 0 saturated carbocycles. The molecule has 8 nitrogen and oxygen atoms in total. The van der Waals surface area contributed by atoms with Crippen LogP contribution in [0.5, 0.6) is 5.75 Å². The summed E-state index contributed by atoms with van der Waals surface area (Å²) in [5, 5.41) is 4.83. The molecular weight excluding hydrogens is 579 g/mol. The number of rotatable bonds is 8. The number of thioether (sulfide) groups is 1. The lowest BCUT2D eigenvalue weighted by Gasteiger charge is -2.24. The normalized spacial score (nSPS) is 14.9. The predicted molar refractivity (Wildman–Crippen MR) is 159 cm³/mol. The van der Waals surface area contributed by atoms with Crippen LogP contribution in [0.15, 0.2) is 84.1 Å². The standard InChI is InChI=1S/C31H28F3N5O3S/c1-4-20-7-5-6-8-25(20)39-27(41)18-43-29(39)36-26(40)17-30(2,3)22-11-9-21(10-12-22)28-35-19-38(37-28)23-13-15-24(16-14-23)42-31(32,33)34/h5-16,19H,4,17-18H2,1-3H3/b36-29-. The minimum absolute atomic E-state index is 0.101. The number of hydrogen-bond donors (Lipinski definition) is 0. The molecule has 2 heterocycles. The number of nitrogens with zero attached hydrogens (tertiary/aromatic N) is 5. The molecule has 2 amide bonds. The maximum atomic E-state index is 13.1. The van der Waals surface area contributed by atoms with Gasteiger partial charge in [-0.05, 0) is 53.3 Å². The van der Waals surface area contributed by atoms with Crippen LogP contribution in [-0.4, -0.2) is 43.9 Å². The Labute approximate surface area is 250 Å². The summed E-state index contributed by atoms with van der Waals surface area (Å²) in [4.78, 5) is 36.0. The summed E-state index contributed by atoms with van der Waals surface area (Å²) >= 11 is 1.26. The highest BCUT2D eigenvalue weighted by Crippen LogP contribution is 2.32. The van der Waals surface area contributed by atoms with Gasteiger partial charge < -0.3 is 4.74 Å². The van der Waals surface area contributed by atoms with Gasteiger partial charge in [-0.3, -0.25) is 14.5 Å². The highest BCUT2D eigenvalue weighted by Gasteiger charge is 2.33. The van der Waals surface area contributed by atoms with Crippen molar-refractivity contribution in [2.75, 3.05) is 10.7 Å². The molecule has 1 fully saturated rings. The van der Waals surface area contributed by atoms with Crippen molar-refractivity contribution in [1.29, 1.82) is 0 Å².